The highest BCUT2D eigenvalue weighted by Gasteiger charge is 2.27. The van der Waals surface area contributed by atoms with Gasteiger partial charge < -0.3 is 40.0 Å². The van der Waals surface area contributed by atoms with E-state index in [1.807, 2.05) is 64.2 Å². The number of alkyl carbamates (subject to hydrolysis) is 2. The first-order valence-corrected chi connectivity index (χ1v) is 25.3. The fraction of sp³-hybridized carbons (Fsp3) is 0.627. The molecule has 11 nitrogen and oxygen atoms in total. The number of ether oxygens (including phenoxy) is 2. The van der Waals surface area contributed by atoms with Crippen molar-refractivity contribution in [3.8, 4) is 0 Å². The smallest absolute Gasteiger partial charge is 0.407 e. The molecule has 13 heteroatoms. The Morgan fingerprint density at radius 1 is 0.656 bits per heavy atom. The molecule has 2 saturated carbocycles. The van der Waals surface area contributed by atoms with Crippen LogP contribution in [0.4, 0.5) is 21.0 Å². The van der Waals surface area contributed by atoms with Crippen LogP contribution >= 0.6 is 22.7 Å². The minimum atomic E-state index is -0.446. The van der Waals surface area contributed by atoms with E-state index in [-0.39, 0.29) is 31.7 Å². The number of thiophene rings is 2. The summed E-state index contributed by atoms with van der Waals surface area (Å²) < 4.78 is 13.5. The number of nitrogens with one attached hydrogen (secondary N) is 3. The molecule has 0 bridgehead atoms. The zero-order valence-corrected chi connectivity index (χ0v) is 40.4. The quantitative estimate of drug-likeness (QED) is 0.141. The molecular weight excluding hydrogens is 841 g/mol. The summed E-state index contributed by atoms with van der Waals surface area (Å²) in [4.78, 5) is 41.6. The first-order valence-electron chi connectivity index (χ1n) is 23.5. The van der Waals surface area contributed by atoms with Crippen molar-refractivity contribution in [2.45, 2.75) is 136 Å². The van der Waals surface area contributed by atoms with E-state index < -0.39 is 11.2 Å². The lowest BCUT2D eigenvalue weighted by Gasteiger charge is -2.37. The Kier molecular flexibility index (Phi) is 19.6. The minimum Gasteiger partial charge on any atom is -0.444 e. The van der Waals surface area contributed by atoms with Gasteiger partial charge in [-0.2, -0.15) is 0 Å². The van der Waals surface area contributed by atoms with Crippen molar-refractivity contribution < 1.29 is 23.9 Å². The van der Waals surface area contributed by atoms with Crippen LogP contribution in [0.15, 0.2) is 59.3 Å². The molecule has 2 aliphatic heterocycles. The van der Waals surface area contributed by atoms with E-state index in [0.717, 1.165) is 103 Å². The summed E-state index contributed by atoms with van der Waals surface area (Å²) >= 11 is 3.70. The van der Waals surface area contributed by atoms with Gasteiger partial charge in [0.05, 0.1) is 20.8 Å². The van der Waals surface area contributed by atoms with Gasteiger partial charge in [-0.1, -0.05) is 31.7 Å². The average Bonchev–Trinajstić information content (AvgIpc) is 3.95. The lowest BCUT2D eigenvalue weighted by atomic mass is 9.84. The number of carbonyl (C=O) groups is 3. The number of rotatable bonds is 9. The molecule has 2 aliphatic carbocycles. The molecule has 2 amide bonds. The molecule has 0 spiro atoms. The minimum absolute atomic E-state index is 0. The topological polar surface area (TPSA) is 115 Å². The van der Waals surface area contributed by atoms with Crippen molar-refractivity contribution in [1.29, 1.82) is 0 Å². The molecule has 2 saturated heterocycles. The predicted octanol–water partition coefficient (Wildman–Crippen LogP) is 11.1. The maximum absolute atomic E-state index is 12.0. The number of hydrogen-bond acceptors (Lipinski definition) is 11. The third kappa shape index (κ3) is 16.2. The van der Waals surface area contributed by atoms with Crippen molar-refractivity contribution >= 4 is 72.7 Å². The number of amides is 2. The molecule has 4 aromatic rings. The van der Waals surface area contributed by atoms with Gasteiger partial charge in [0.2, 0.25) is 0 Å². The number of benzene rings is 2. The van der Waals surface area contributed by atoms with Crippen molar-refractivity contribution in [2.24, 2.45) is 11.8 Å². The number of carbonyl (C=O) groups excluding carboxylic acids is 3. The molecule has 354 valence electrons. The number of fused-ring (bicyclic) bond motifs is 2. The fourth-order valence-corrected chi connectivity index (χ4v) is 11.0. The summed E-state index contributed by atoms with van der Waals surface area (Å²) in [5, 5.41) is 16.4. The highest BCUT2D eigenvalue weighted by Crippen LogP contribution is 2.34. The second kappa shape index (κ2) is 24.6. The Morgan fingerprint density at radius 3 is 1.56 bits per heavy atom. The molecule has 0 atom stereocenters. The molecular formula is C51H78N6O5S2. The van der Waals surface area contributed by atoms with Gasteiger partial charge in [0, 0.05) is 70.9 Å². The Labute approximate surface area is 392 Å². The van der Waals surface area contributed by atoms with Gasteiger partial charge >= 0.3 is 12.2 Å². The summed E-state index contributed by atoms with van der Waals surface area (Å²) in [6, 6.07) is 18.2. The van der Waals surface area contributed by atoms with Gasteiger partial charge in [0.1, 0.15) is 17.5 Å². The van der Waals surface area contributed by atoms with Gasteiger partial charge in [-0.15, -0.1) is 22.7 Å². The molecule has 3 N–H and O–H groups in total. The van der Waals surface area contributed by atoms with Gasteiger partial charge in [0.25, 0.3) is 0 Å². The van der Waals surface area contributed by atoms with E-state index in [1.54, 1.807) is 0 Å². The largest absolute Gasteiger partial charge is 0.444 e. The van der Waals surface area contributed by atoms with Crippen LogP contribution in [0.5, 0.6) is 0 Å². The molecule has 4 fully saturated rings. The highest BCUT2D eigenvalue weighted by atomic mass is 32.1. The SMILES string of the molecule is C.CC(C)(C)OC(=O)NC1CCC(CC=O)CC1.CC(C)(C)OC(=O)NC1CCC(CCN2CCN(c3cccc4ccsc34)CC2)CC1.c1cc(N2CCNCC2)c2sccc2c1. The predicted molar refractivity (Wildman–Crippen MR) is 270 cm³/mol. The van der Waals surface area contributed by atoms with E-state index in [0.29, 0.717) is 12.3 Å². The summed E-state index contributed by atoms with van der Waals surface area (Å²) in [6.45, 7) is 21.5. The molecule has 8 rings (SSSR count). The van der Waals surface area contributed by atoms with Gasteiger partial charge in [-0.3, -0.25) is 4.90 Å². The highest BCUT2D eigenvalue weighted by molar-refractivity contribution is 7.18. The van der Waals surface area contributed by atoms with Crippen molar-refractivity contribution in [1.82, 2.24) is 20.9 Å². The number of hydrogen-bond donors (Lipinski definition) is 3. The van der Waals surface area contributed by atoms with E-state index in [2.05, 4.69) is 89.9 Å². The zero-order chi connectivity index (χ0) is 44.8. The monoisotopic (exact) mass is 919 g/mol. The Hall–Kier alpha value is -3.91. The first-order chi connectivity index (χ1) is 30.2. The molecule has 2 aromatic carbocycles. The van der Waals surface area contributed by atoms with Crippen molar-refractivity contribution in [3.63, 3.8) is 0 Å². The van der Waals surface area contributed by atoms with Crippen LogP contribution in [0.1, 0.15) is 113 Å². The molecule has 64 heavy (non-hydrogen) atoms. The van der Waals surface area contributed by atoms with Gasteiger partial charge in [-0.25, -0.2) is 9.59 Å². The van der Waals surface area contributed by atoms with Crippen molar-refractivity contribution in [3.05, 3.63) is 59.3 Å². The molecule has 2 aromatic heterocycles. The van der Waals surface area contributed by atoms with E-state index in [9.17, 15) is 14.4 Å². The van der Waals surface area contributed by atoms with Crippen LogP contribution in [0.2, 0.25) is 0 Å². The maximum atomic E-state index is 12.0. The van der Waals surface area contributed by atoms with Gasteiger partial charge in [-0.05, 0) is 164 Å². The lowest BCUT2D eigenvalue weighted by Crippen LogP contribution is -2.47. The first kappa shape index (κ1) is 51.1. The molecule has 0 radical (unpaired) electrons. The second-order valence-electron chi connectivity index (χ2n) is 19.7. The third-order valence-electron chi connectivity index (χ3n) is 12.5. The zero-order valence-electron chi connectivity index (χ0n) is 38.8. The number of nitrogens with zero attached hydrogens (tertiary/aromatic N) is 3. The summed E-state index contributed by atoms with van der Waals surface area (Å²) in [6.07, 6.45) is 10.8. The van der Waals surface area contributed by atoms with E-state index >= 15 is 0 Å². The Balaban J connectivity index is 0.000000197. The molecule has 4 aliphatic rings. The van der Waals surface area contributed by atoms with Crippen LogP contribution in [-0.4, -0.2) is 106 Å². The van der Waals surface area contributed by atoms with Crippen LogP contribution in [0.3, 0.4) is 0 Å². The van der Waals surface area contributed by atoms with E-state index in [4.69, 9.17) is 9.47 Å². The fourth-order valence-electron chi connectivity index (χ4n) is 9.16. The number of anilines is 2. The van der Waals surface area contributed by atoms with Crippen LogP contribution in [0.25, 0.3) is 20.2 Å². The lowest BCUT2D eigenvalue weighted by molar-refractivity contribution is -0.108. The van der Waals surface area contributed by atoms with Crippen LogP contribution in [0, 0.1) is 11.8 Å². The average molecular weight is 919 g/mol. The number of piperazine rings is 2. The second-order valence-corrected chi connectivity index (χ2v) is 21.5. The standard InChI is InChI=1S/C25H37N3O2S.C13H23NO3.C12H14N2S.CH4/c1-25(2,3)30-24(29)26-21-9-7-19(8-10-21)11-13-27-14-16-28(17-15-27)22-6-4-5-20-12-18-31-23(20)22;1-13(2,3)17-12(16)14-11-6-4-10(5-7-11)8-9-15;1-2-10-4-9-15-12(10)11(3-1)14-7-5-13-6-8-14;/h4-6,12,18-19,21H,7-11,13-17H2,1-3H3,(H,26,29);9-11H,4-8H2,1-3H3,(H,14,16);1-4,9,13H,5-8H2;1H4. The molecule has 0 unspecified atom stereocenters. The maximum Gasteiger partial charge on any atom is 0.407 e. The van der Waals surface area contributed by atoms with Crippen LogP contribution in [-0.2, 0) is 14.3 Å². The molecule has 4 heterocycles. The van der Waals surface area contributed by atoms with Gasteiger partial charge in [0.15, 0.2) is 0 Å². The normalized spacial score (nSPS) is 21.9. The van der Waals surface area contributed by atoms with Crippen molar-refractivity contribution in [2.75, 3.05) is 68.7 Å². The third-order valence-corrected chi connectivity index (χ3v) is 14.4. The Bertz CT molecular complexity index is 2010. The number of aldehydes is 1. The Morgan fingerprint density at radius 2 is 1.11 bits per heavy atom. The van der Waals surface area contributed by atoms with E-state index in [1.165, 1.54) is 57.4 Å². The summed E-state index contributed by atoms with van der Waals surface area (Å²) in [5.74, 6) is 1.29. The summed E-state index contributed by atoms with van der Waals surface area (Å²) in [5.41, 5.74) is 1.94. The summed E-state index contributed by atoms with van der Waals surface area (Å²) in [7, 11) is 0. The van der Waals surface area contributed by atoms with Crippen LogP contribution < -0.4 is 25.8 Å².